The van der Waals surface area contributed by atoms with Gasteiger partial charge in [-0.25, -0.2) is 0 Å². The third kappa shape index (κ3) is 3.32. The van der Waals surface area contributed by atoms with E-state index in [1.165, 1.54) is 11.1 Å². The molecule has 1 aliphatic heterocycles. The van der Waals surface area contributed by atoms with Gasteiger partial charge in [-0.2, -0.15) is 0 Å². The van der Waals surface area contributed by atoms with Gasteiger partial charge in [-0.3, -0.25) is 4.79 Å². The fourth-order valence-electron chi connectivity index (χ4n) is 4.12. The fourth-order valence-corrected chi connectivity index (χ4v) is 4.12. The molecule has 0 aromatic heterocycles. The van der Waals surface area contributed by atoms with Gasteiger partial charge in [-0.1, -0.05) is 38.1 Å². The molecule has 2 aliphatic rings. The van der Waals surface area contributed by atoms with Gasteiger partial charge in [-0.15, -0.1) is 0 Å². The maximum atomic E-state index is 12.1. The average Bonchev–Trinajstić information content (AvgIpc) is 3.17. The lowest BCUT2D eigenvalue weighted by Gasteiger charge is -2.38. The van der Waals surface area contributed by atoms with E-state index in [4.69, 9.17) is 4.74 Å². The molecule has 3 unspecified atom stereocenters. The largest absolute Gasteiger partial charge is 0.497 e. The first kappa shape index (κ1) is 17.7. The molecule has 2 N–H and O–H groups in total. The Labute approximate surface area is 160 Å². The lowest BCUT2D eigenvalue weighted by molar-refractivity contribution is -0.118. The Kier molecular flexibility index (Phi) is 4.65. The summed E-state index contributed by atoms with van der Waals surface area (Å²) in [7, 11) is 1.70. The summed E-state index contributed by atoms with van der Waals surface area (Å²) >= 11 is 0. The number of nitrogens with one attached hydrogen (secondary N) is 2. The molecular weight excluding hydrogens is 336 g/mol. The van der Waals surface area contributed by atoms with E-state index >= 15 is 0 Å². The lowest BCUT2D eigenvalue weighted by atomic mass is 9.77. The first-order chi connectivity index (χ1) is 13.1. The van der Waals surface area contributed by atoms with E-state index < -0.39 is 0 Å². The van der Waals surface area contributed by atoms with E-state index in [1.54, 1.807) is 7.11 Å². The minimum Gasteiger partial charge on any atom is -0.497 e. The van der Waals surface area contributed by atoms with Crippen molar-refractivity contribution in [3.63, 3.8) is 0 Å². The number of carbonyl (C=O) groups is 1. The number of benzene rings is 2. The molecule has 1 heterocycles. The first-order valence-corrected chi connectivity index (χ1v) is 9.59. The van der Waals surface area contributed by atoms with Crippen LogP contribution in [0.5, 0.6) is 5.75 Å². The zero-order valence-corrected chi connectivity index (χ0v) is 16.0. The van der Waals surface area contributed by atoms with Crippen LogP contribution in [-0.2, 0) is 4.79 Å². The Balaban J connectivity index is 1.67. The van der Waals surface area contributed by atoms with Crippen LogP contribution in [-0.4, -0.2) is 13.0 Å². The number of rotatable bonds is 4. The van der Waals surface area contributed by atoms with E-state index in [0.29, 0.717) is 11.8 Å². The number of allylic oxidation sites excluding steroid dienone is 2. The Morgan fingerprint density at radius 2 is 2.07 bits per heavy atom. The predicted molar refractivity (Wildman–Crippen MR) is 109 cm³/mol. The molecule has 0 spiro atoms. The number of methoxy groups -OCH3 is 1. The molecule has 2 aromatic rings. The van der Waals surface area contributed by atoms with Crippen molar-refractivity contribution in [3.8, 4) is 5.75 Å². The molecule has 140 valence electrons. The summed E-state index contributed by atoms with van der Waals surface area (Å²) in [5, 5.41) is 6.75. The number of hydrogen-bond donors (Lipinski definition) is 2. The van der Waals surface area contributed by atoms with Crippen LogP contribution in [0.25, 0.3) is 0 Å². The van der Waals surface area contributed by atoms with Crippen molar-refractivity contribution < 1.29 is 9.53 Å². The SMILES string of the molecule is COc1cccc(C2Nc3ccc(NC(=O)C(C)C)cc3C3C=CCC32)c1. The van der Waals surface area contributed by atoms with Crippen molar-refractivity contribution in [2.24, 2.45) is 11.8 Å². The zero-order chi connectivity index (χ0) is 19.0. The van der Waals surface area contributed by atoms with Crippen molar-refractivity contribution in [2.45, 2.75) is 32.2 Å². The van der Waals surface area contributed by atoms with Crippen LogP contribution in [0, 0.1) is 11.8 Å². The van der Waals surface area contributed by atoms with Crippen LogP contribution in [0.4, 0.5) is 11.4 Å². The molecule has 4 rings (SSSR count). The van der Waals surface area contributed by atoms with E-state index in [0.717, 1.165) is 23.5 Å². The molecule has 4 nitrogen and oxygen atoms in total. The van der Waals surface area contributed by atoms with Crippen molar-refractivity contribution >= 4 is 17.3 Å². The van der Waals surface area contributed by atoms with E-state index in [9.17, 15) is 4.79 Å². The molecule has 1 aliphatic carbocycles. The van der Waals surface area contributed by atoms with Gasteiger partial charge in [0, 0.05) is 23.2 Å². The van der Waals surface area contributed by atoms with Crippen LogP contribution in [0.1, 0.15) is 43.4 Å². The Hall–Kier alpha value is -2.75. The second kappa shape index (κ2) is 7.10. The molecule has 0 fully saturated rings. The first-order valence-electron chi connectivity index (χ1n) is 9.59. The highest BCUT2D eigenvalue weighted by atomic mass is 16.5. The summed E-state index contributed by atoms with van der Waals surface area (Å²) in [6.45, 7) is 3.81. The van der Waals surface area contributed by atoms with Gasteiger partial charge in [-0.05, 0) is 53.8 Å². The number of ether oxygens (including phenoxy) is 1. The number of fused-ring (bicyclic) bond motifs is 3. The van der Waals surface area contributed by atoms with Gasteiger partial charge in [0.1, 0.15) is 5.75 Å². The predicted octanol–water partition coefficient (Wildman–Crippen LogP) is 5.12. The topological polar surface area (TPSA) is 50.4 Å². The summed E-state index contributed by atoms with van der Waals surface area (Å²) in [5.41, 5.74) is 4.51. The van der Waals surface area contributed by atoms with Gasteiger partial charge in [0.15, 0.2) is 0 Å². The summed E-state index contributed by atoms with van der Waals surface area (Å²) in [4.78, 5) is 12.1. The van der Waals surface area contributed by atoms with Crippen molar-refractivity contribution in [3.05, 3.63) is 65.7 Å². The van der Waals surface area contributed by atoms with Gasteiger partial charge >= 0.3 is 0 Å². The zero-order valence-electron chi connectivity index (χ0n) is 16.0. The Morgan fingerprint density at radius 1 is 1.22 bits per heavy atom. The monoisotopic (exact) mass is 362 g/mol. The van der Waals surface area contributed by atoms with Crippen LogP contribution in [0.2, 0.25) is 0 Å². The molecule has 1 amide bonds. The standard InChI is InChI=1S/C23H26N2O2/c1-14(2)23(26)24-16-10-11-21-20(13-16)18-8-5-9-19(18)22(25-21)15-6-4-7-17(12-15)27-3/h4-8,10-14,18-19,22,25H,9H2,1-3H3,(H,24,26). The molecule has 0 saturated heterocycles. The minimum absolute atomic E-state index is 0.0317. The second-order valence-corrected chi connectivity index (χ2v) is 7.70. The highest BCUT2D eigenvalue weighted by molar-refractivity contribution is 5.92. The normalized spacial score (nSPS) is 22.7. The van der Waals surface area contributed by atoms with E-state index in [2.05, 4.69) is 47.1 Å². The summed E-state index contributed by atoms with van der Waals surface area (Å²) in [6, 6.07) is 14.7. The quantitative estimate of drug-likeness (QED) is 0.743. The molecule has 27 heavy (non-hydrogen) atoms. The number of carbonyl (C=O) groups excluding carboxylic acids is 1. The van der Waals surface area contributed by atoms with Gasteiger partial charge in [0.05, 0.1) is 13.2 Å². The van der Waals surface area contributed by atoms with E-state index in [-0.39, 0.29) is 17.9 Å². The smallest absolute Gasteiger partial charge is 0.226 e. The minimum atomic E-state index is -0.0317. The van der Waals surface area contributed by atoms with Crippen molar-refractivity contribution in [1.29, 1.82) is 0 Å². The Bertz CT molecular complexity index is 888. The molecule has 4 heteroatoms. The Morgan fingerprint density at radius 3 is 2.85 bits per heavy atom. The van der Waals surface area contributed by atoms with E-state index in [1.807, 2.05) is 32.0 Å². The number of anilines is 2. The van der Waals surface area contributed by atoms with Gasteiger partial charge in [0.25, 0.3) is 0 Å². The maximum Gasteiger partial charge on any atom is 0.226 e. The maximum absolute atomic E-state index is 12.1. The fraction of sp³-hybridized carbons (Fsp3) is 0.348. The second-order valence-electron chi connectivity index (χ2n) is 7.70. The molecule has 2 aromatic carbocycles. The van der Waals surface area contributed by atoms with Crippen LogP contribution < -0.4 is 15.4 Å². The van der Waals surface area contributed by atoms with Crippen molar-refractivity contribution in [2.75, 3.05) is 17.7 Å². The van der Waals surface area contributed by atoms with Gasteiger partial charge in [0.2, 0.25) is 5.91 Å². The summed E-state index contributed by atoms with van der Waals surface area (Å²) in [5.74, 6) is 1.71. The van der Waals surface area contributed by atoms with Crippen LogP contribution >= 0.6 is 0 Å². The molecule has 0 saturated carbocycles. The summed E-state index contributed by atoms with van der Waals surface area (Å²) < 4.78 is 5.41. The molecule has 0 bridgehead atoms. The molecule has 0 radical (unpaired) electrons. The molecule has 3 atom stereocenters. The highest BCUT2D eigenvalue weighted by Gasteiger charge is 2.38. The average molecular weight is 362 g/mol. The summed E-state index contributed by atoms with van der Waals surface area (Å²) in [6.07, 6.45) is 5.63. The molecular formula is C23H26N2O2. The highest BCUT2D eigenvalue weighted by Crippen LogP contribution is 2.50. The van der Waals surface area contributed by atoms with Crippen LogP contribution in [0.15, 0.2) is 54.6 Å². The third-order valence-corrected chi connectivity index (χ3v) is 5.61. The number of amides is 1. The van der Waals surface area contributed by atoms with Gasteiger partial charge < -0.3 is 15.4 Å². The van der Waals surface area contributed by atoms with Crippen LogP contribution in [0.3, 0.4) is 0 Å². The third-order valence-electron chi connectivity index (χ3n) is 5.61. The number of hydrogen-bond acceptors (Lipinski definition) is 3. The lowest BCUT2D eigenvalue weighted by Crippen LogP contribution is -2.29. The van der Waals surface area contributed by atoms with Crippen molar-refractivity contribution in [1.82, 2.24) is 0 Å².